The molecule has 2 unspecified atom stereocenters. The van der Waals surface area contributed by atoms with Crippen LogP contribution in [-0.2, 0) is 19.1 Å². The predicted molar refractivity (Wildman–Crippen MR) is 276 cm³/mol. The average molecular weight is 897 g/mol. The van der Waals surface area contributed by atoms with Crippen molar-refractivity contribution < 1.29 is 24.2 Å². The van der Waals surface area contributed by atoms with E-state index < -0.39 is 12.0 Å². The molecule has 0 aliphatic heterocycles. The Morgan fingerprint density at radius 2 is 0.859 bits per heavy atom. The van der Waals surface area contributed by atoms with E-state index in [9.17, 15) is 19.5 Å². The van der Waals surface area contributed by atoms with E-state index in [1.54, 1.807) is 0 Å². The van der Waals surface area contributed by atoms with Gasteiger partial charge in [0.15, 0.2) is 0 Å². The number of carboxylic acids is 1. The van der Waals surface area contributed by atoms with Gasteiger partial charge in [0.1, 0.15) is 12.1 Å². The van der Waals surface area contributed by atoms with Crippen molar-refractivity contribution in [3.8, 4) is 0 Å². The normalized spacial score (nSPS) is 12.9. The van der Waals surface area contributed by atoms with E-state index in [1.165, 1.54) is 148 Å². The van der Waals surface area contributed by atoms with Crippen LogP contribution in [0.5, 0.6) is 0 Å². The standard InChI is InChI=1S/C57H104N2O5/c1-3-5-7-9-11-13-15-17-19-20-21-22-23-24-25-26-28-30-32-34-36-41-45-51-56(61)64-53(47-42-38-35-33-31-29-27-18-16-14-12-10-8-6-4-2)48-43-39-37-40-44-50-55(60)59-54(57(62)63)49-46-52-58/h5,7,11,13,17,19,21-22,53-54H,3-4,6,8-10,12,14-16,18,20,23-52,58H2,1-2H3,(H,59,60)(H,62,63)/b7-5-,13-11-,19-17-,22-21-. The summed E-state index contributed by atoms with van der Waals surface area (Å²) in [5, 5.41) is 12.0. The van der Waals surface area contributed by atoms with Gasteiger partial charge in [-0.3, -0.25) is 9.59 Å². The van der Waals surface area contributed by atoms with Crippen LogP contribution in [-0.4, -0.2) is 41.6 Å². The molecule has 0 spiro atoms. The molecule has 0 bridgehead atoms. The number of aliphatic carboxylic acids is 1. The molecule has 0 aromatic carbocycles. The summed E-state index contributed by atoms with van der Waals surface area (Å²) in [6.07, 6.45) is 64.6. The molecular formula is C57H104N2O5. The highest BCUT2D eigenvalue weighted by molar-refractivity contribution is 5.83. The fourth-order valence-corrected chi connectivity index (χ4v) is 8.33. The fourth-order valence-electron chi connectivity index (χ4n) is 8.33. The Morgan fingerprint density at radius 1 is 0.469 bits per heavy atom. The summed E-state index contributed by atoms with van der Waals surface area (Å²) in [5.41, 5.74) is 5.51. The third kappa shape index (κ3) is 47.3. The molecule has 0 radical (unpaired) electrons. The minimum Gasteiger partial charge on any atom is -0.480 e. The molecule has 7 nitrogen and oxygen atoms in total. The van der Waals surface area contributed by atoms with Gasteiger partial charge in [0.05, 0.1) is 0 Å². The molecule has 4 N–H and O–H groups in total. The highest BCUT2D eigenvalue weighted by Crippen LogP contribution is 2.20. The number of hydrogen-bond acceptors (Lipinski definition) is 5. The zero-order valence-electron chi connectivity index (χ0n) is 42.1. The summed E-state index contributed by atoms with van der Waals surface area (Å²) in [5.74, 6) is -1.22. The second-order valence-corrected chi connectivity index (χ2v) is 18.6. The summed E-state index contributed by atoms with van der Waals surface area (Å²) in [6, 6.07) is -0.858. The minimum absolute atomic E-state index is 0.00985. The first-order valence-corrected chi connectivity index (χ1v) is 27.5. The van der Waals surface area contributed by atoms with Crippen molar-refractivity contribution in [3.63, 3.8) is 0 Å². The number of unbranched alkanes of at least 4 members (excludes halogenated alkanes) is 28. The van der Waals surface area contributed by atoms with E-state index in [2.05, 4.69) is 67.8 Å². The van der Waals surface area contributed by atoms with Crippen LogP contribution >= 0.6 is 0 Å². The quantitative estimate of drug-likeness (QED) is 0.0318. The van der Waals surface area contributed by atoms with Crippen LogP contribution in [0.2, 0.25) is 0 Å². The molecule has 0 aliphatic carbocycles. The molecule has 0 saturated heterocycles. The van der Waals surface area contributed by atoms with Crippen LogP contribution in [0, 0.1) is 0 Å². The highest BCUT2D eigenvalue weighted by Gasteiger charge is 2.19. The van der Waals surface area contributed by atoms with Gasteiger partial charge in [-0.2, -0.15) is 0 Å². The van der Waals surface area contributed by atoms with Crippen molar-refractivity contribution in [2.45, 2.75) is 289 Å². The second-order valence-electron chi connectivity index (χ2n) is 18.6. The first kappa shape index (κ1) is 61.3. The number of amides is 1. The van der Waals surface area contributed by atoms with E-state index >= 15 is 0 Å². The summed E-state index contributed by atoms with van der Waals surface area (Å²) < 4.78 is 6.10. The SMILES string of the molecule is CC/C=C\C/C=C\C/C=C\C/C=C\CCCCCCCCCCCCC(=O)OC(CCCCCCCCCCCCCCCCC)CCCCCCCC(=O)NC(CCCN)C(=O)O. The molecule has 64 heavy (non-hydrogen) atoms. The van der Waals surface area contributed by atoms with Crippen LogP contribution in [0.3, 0.4) is 0 Å². The van der Waals surface area contributed by atoms with Crippen molar-refractivity contribution in [1.29, 1.82) is 0 Å². The van der Waals surface area contributed by atoms with Crippen molar-refractivity contribution in [2.75, 3.05) is 6.54 Å². The van der Waals surface area contributed by atoms with Crippen LogP contribution in [0.25, 0.3) is 0 Å². The maximum absolute atomic E-state index is 12.9. The van der Waals surface area contributed by atoms with Gasteiger partial charge in [0.2, 0.25) is 5.91 Å². The van der Waals surface area contributed by atoms with Gasteiger partial charge in [0, 0.05) is 12.8 Å². The van der Waals surface area contributed by atoms with Gasteiger partial charge in [-0.25, -0.2) is 4.79 Å². The maximum atomic E-state index is 12.9. The molecule has 0 saturated carbocycles. The summed E-state index contributed by atoms with van der Waals surface area (Å²) in [4.78, 5) is 36.6. The smallest absolute Gasteiger partial charge is 0.326 e. The Hall–Kier alpha value is -2.67. The van der Waals surface area contributed by atoms with Crippen molar-refractivity contribution >= 4 is 17.8 Å². The first-order chi connectivity index (χ1) is 31.4. The van der Waals surface area contributed by atoms with E-state index in [4.69, 9.17) is 10.5 Å². The summed E-state index contributed by atoms with van der Waals surface area (Å²) >= 11 is 0. The Bertz CT molecular complexity index is 1150. The minimum atomic E-state index is -1.00. The van der Waals surface area contributed by atoms with Gasteiger partial charge in [0.25, 0.3) is 0 Å². The van der Waals surface area contributed by atoms with Gasteiger partial charge < -0.3 is 20.9 Å². The molecular weight excluding hydrogens is 793 g/mol. The number of rotatable bonds is 50. The van der Waals surface area contributed by atoms with Gasteiger partial charge in [-0.15, -0.1) is 0 Å². The highest BCUT2D eigenvalue weighted by atomic mass is 16.5. The number of carbonyl (C=O) groups is 3. The zero-order valence-corrected chi connectivity index (χ0v) is 42.1. The predicted octanol–water partition coefficient (Wildman–Crippen LogP) is 16.7. The number of ether oxygens (including phenoxy) is 1. The first-order valence-electron chi connectivity index (χ1n) is 27.5. The average Bonchev–Trinajstić information content (AvgIpc) is 3.28. The molecule has 372 valence electrons. The molecule has 0 heterocycles. The summed E-state index contributed by atoms with van der Waals surface area (Å²) in [6.45, 7) is 4.86. The third-order valence-corrected chi connectivity index (χ3v) is 12.4. The number of esters is 1. The Labute approximate surface area is 396 Å². The van der Waals surface area contributed by atoms with Crippen LogP contribution in [0.1, 0.15) is 277 Å². The molecule has 0 aliphatic rings. The van der Waals surface area contributed by atoms with Gasteiger partial charge in [-0.1, -0.05) is 223 Å². The number of nitrogens with one attached hydrogen (secondary N) is 1. The lowest BCUT2D eigenvalue weighted by Gasteiger charge is -2.18. The monoisotopic (exact) mass is 897 g/mol. The lowest BCUT2D eigenvalue weighted by Crippen LogP contribution is -2.40. The van der Waals surface area contributed by atoms with Crippen molar-refractivity contribution in [1.82, 2.24) is 5.32 Å². The fraction of sp³-hybridized carbons (Fsp3) is 0.807. The maximum Gasteiger partial charge on any atom is 0.326 e. The molecule has 0 rings (SSSR count). The number of carbonyl (C=O) groups excluding carboxylic acids is 2. The lowest BCUT2D eigenvalue weighted by atomic mass is 10.0. The summed E-state index contributed by atoms with van der Waals surface area (Å²) in [7, 11) is 0. The molecule has 0 fully saturated rings. The zero-order chi connectivity index (χ0) is 46.7. The van der Waals surface area contributed by atoms with Crippen LogP contribution < -0.4 is 11.1 Å². The topological polar surface area (TPSA) is 119 Å². The van der Waals surface area contributed by atoms with E-state index in [-0.39, 0.29) is 18.0 Å². The molecule has 1 amide bonds. The largest absolute Gasteiger partial charge is 0.480 e. The number of carboxylic acid groups (broad SMARTS) is 1. The molecule has 2 atom stereocenters. The molecule has 0 aromatic heterocycles. The lowest BCUT2D eigenvalue weighted by molar-refractivity contribution is -0.150. The van der Waals surface area contributed by atoms with Crippen molar-refractivity contribution in [2.24, 2.45) is 5.73 Å². The van der Waals surface area contributed by atoms with E-state index in [1.807, 2.05) is 0 Å². The third-order valence-electron chi connectivity index (χ3n) is 12.4. The second kappa shape index (κ2) is 51.3. The number of hydrogen-bond donors (Lipinski definition) is 3. The molecule has 0 aromatic rings. The van der Waals surface area contributed by atoms with Crippen LogP contribution in [0.15, 0.2) is 48.6 Å². The Balaban J connectivity index is 4.23. The van der Waals surface area contributed by atoms with E-state index in [0.717, 1.165) is 89.9 Å². The Morgan fingerprint density at radius 3 is 1.30 bits per heavy atom. The van der Waals surface area contributed by atoms with E-state index in [0.29, 0.717) is 32.2 Å². The van der Waals surface area contributed by atoms with Gasteiger partial charge >= 0.3 is 11.9 Å². The number of nitrogens with two attached hydrogens (primary N) is 1. The molecule has 7 heteroatoms. The Kier molecular flexibility index (Phi) is 49.2. The van der Waals surface area contributed by atoms with Crippen molar-refractivity contribution in [3.05, 3.63) is 48.6 Å². The number of allylic oxidation sites excluding steroid dienone is 8. The van der Waals surface area contributed by atoms with Crippen LogP contribution in [0.4, 0.5) is 0 Å². The van der Waals surface area contributed by atoms with Gasteiger partial charge in [-0.05, 0) is 96.4 Å².